The molecule has 96 valence electrons. The van der Waals surface area contributed by atoms with Crippen molar-refractivity contribution in [2.24, 2.45) is 0 Å². The highest BCUT2D eigenvalue weighted by molar-refractivity contribution is 6.08. The van der Waals surface area contributed by atoms with E-state index in [1.807, 2.05) is 0 Å². The summed E-state index contributed by atoms with van der Waals surface area (Å²) in [7, 11) is 0. The summed E-state index contributed by atoms with van der Waals surface area (Å²) in [6.07, 6.45) is 5.43. The van der Waals surface area contributed by atoms with Gasteiger partial charge in [-0.25, -0.2) is 0 Å². The van der Waals surface area contributed by atoms with Crippen molar-refractivity contribution in [2.75, 3.05) is 0 Å². The molecule has 0 fully saturated rings. The van der Waals surface area contributed by atoms with Crippen LogP contribution in [0.25, 0.3) is 0 Å². The number of aromatic nitrogens is 2. The number of carboxylic acids is 2. The van der Waals surface area contributed by atoms with Crippen LogP contribution in [0.3, 0.4) is 0 Å². The maximum atomic E-state index is 11.6. The molecule has 2 N–H and O–H groups in total. The van der Waals surface area contributed by atoms with Gasteiger partial charge in [-0.15, -0.1) is 0 Å². The van der Waals surface area contributed by atoms with Gasteiger partial charge in [-0.05, 0) is 35.4 Å². The second kappa shape index (κ2) is 4.85. The summed E-state index contributed by atoms with van der Waals surface area (Å²) < 4.78 is 0. The van der Waals surface area contributed by atoms with Gasteiger partial charge in [-0.2, -0.15) is 0 Å². The van der Waals surface area contributed by atoms with Crippen LogP contribution >= 0.6 is 0 Å². The molecule has 0 bridgehead atoms. The molecule has 2 rings (SSSR count). The van der Waals surface area contributed by atoms with Gasteiger partial charge in [0.05, 0.1) is 0 Å². The molecule has 0 spiro atoms. The van der Waals surface area contributed by atoms with Gasteiger partial charge in [0.2, 0.25) is 5.41 Å². The van der Waals surface area contributed by atoms with E-state index in [1.54, 1.807) is 0 Å². The molecular formula is C13H10N2O4. The number of nitrogens with zero attached hydrogens (tertiary/aromatic N) is 2. The third kappa shape index (κ3) is 1.93. The smallest absolute Gasteiger partial charge is 0.330 e. The molecule has 0 saturated carbocycles. The standard InChI is InChI=1S/C13H10N2O4/c16-11(17)13(12(18)19,9-1-5-14-6-2-9)10-3-7-15-8-4-10/h1-8H,(H,16,17)(H,18,19). The van der Waals surface area contributed by atoms with E-state index in [9.17, 15) is 19.8 Å². The van der Waals surface area contributed by atoms with Crippen molar-refractivity contribution in [2.45, 2.75) is 5.41 Å². The molecule has 0 aliphatic heterocycles. The van der Waals surface area contributed by atoms with Crippen molar-refractivity contribution in [3.63, 3.8) is 0 Å². The van der Waals surface area contributed by atoms with E-state index >= 15 is 0 Å². The number of hydrogen-bond acceptors (Lipinski definition) is 4. The molecule has 2 aromatic rings. The van der Waals surface area contributed by atoms with E-state index in [-0.39, 0.29) is 11.1 Å². The van der Waals surface area contributed by atoms with Crippen molar-refractivity contribution in [1.29, 1.82) is 0 Å². The first kappa shape index (κ1) is 12.7. The molecule has 19 heavy (non-hydrogen) atoms. The zero-order chi connectivity index (χ0) is 13.9. The van der Waals surface area contributed by atoms with Crippen LogP contribution < -0.4 is 0 Å². The van der Waals surface area contributed by atoms with E-state index in [2.05, 4.69) is 9.97 Å². The minimum Gasteiger partial charge on any atom is -0.480 e. The third-order valence-electron chi connectivity index (χ3n) is 2.87. The van der Waals surface area contributed by atoms with Crippen molar-refractivity contribution in [3.8, 4) is 0 Å². The van der Waals surface area contributed by atoms with E-state index in [0.717, 1.165) is 0 Å². The molecule has 2 aromatic heterocycles. The minimum atomic E-state index is -2.16. The second-order valence-corrected chi connectivity index (χ2v) is 3.83. The lowest BCUT2D eigenvalue weighted by molar-refractivity contribution is -0.155. The zero-order valence-corrected chi connectivity index (χ0v) is 9.72. The van der Waals surface area contributed by atoms with E-state index < -0.39 is 17.4 Å². The first-order valence-corrected chi connectivity index (χ1v) is 5.38. The third-order valence-corrected chi connectivity index (χ3v) is 2.87. The van der Waals surface area contributed by atoms with Crippen molar-refractivity contribution in [1.82, 2.24) is 9.97 Å². The summed E-state index contributed by atoms with van der Waals surface area (Å²) in [5.74, 6) is -2.92. The zero-order valence-electron chi connectivity index (χ0n) is 9.72. The monoisotopic (exact) mass is 258 g/mol. The van der Waals surface area contributed by atoms with Gasteiger partial charge >= 0.3 is 11.9 Å². The Hall–Kier alpha value is -2.76. The Balaban J connectivity index is 2.77. The van der Waals surface area contributed by atoms with Crippen LogP contribution in [-0.2, 0) is 15.0 Å². The van der Waals surface area contributed by atoms with Crippen LogP contribution in [0.15, 0.2) is 49.1 Å². The average Bonchev–Trinajstić information content (AvgIpc) is 2.41. The minimum absolute atomic E-state index is 0.133. The molecule has 0 unspecified atom stereocenters. The van der Waals surface area contributed by atoms with Gasteiger partial charge in [0.25, 0.3) is 0 Å². The van der Waals surface area contributed by atoms with Gasteiger partial charge in [-0.3, -0.25) is 19.6 Å². The van der Waals surface area contributed by atoms with Gasteiger partial charge in [0.15, 0.2) is 0 Å². The number of hydrogen-bond donors (Lipinski definition) is 2. The quantitative estimate of drug-likeness (QED) is 0.791. The summed E-state index contributed by atoms with van der Waals surface area (Å²) in [5, 5.41) is 19.0. The molecule has 0 aliphatic carbocycles. The Labute approximate surface area is 108 Å². The summed E-state index contributed by atoms with van der Waals surface area (Å²) in [6.45, 7) is 0. The van der Waals surface area contributed by atoms with E-state index in [4.69, 9.17) is 0 Å². The number of carboxylic acid groups (broad SMARTS) is 2. The fourth-order valence-electron chi connectivity index (χ4n) is 1.96. The van der Waals surface area contributed by atoms with Gasteiger partial charge < -0.3 is 10.2 Å². The second-order valence-electron chi connectivity index (χ2n) is 3.83. The van der Waals surface area contributed by atoms with Gasteiger partial charge in [-0.1, -0.05) is 0 Å². The Morgan fingerprint density at radius 1 is 0.789 bits per heavy atom. The first-order chi connectivity index (χ1) is 9.10. The lowest BCUT2D eigenvalue weighted by atomic mass is 9.75. The molecule has 0 radical (unpaired) electrons. The number of pyridine rings is 2. The molecule has 0 atom stereocenters. The maximum Gasteiger partial charge on any atom is 0.330 e. The molecular weight excluding hydrogens is 248 g/mol. The summed E-state index contributed by atoms with van der Waals surface area (Å²) in [4.78, 5) is 30.8. The molecule has 6 nitrogen and oxygen atoms in total. The molecule has 0 saturated heterocycles. The molecule has 0 aliphatic rings. The fourth-order valence-corrected chi connectivity index (χ4v) is 1.96. The van der Waals surface area contributed by atoms with Gasteiger partial charge in [0.1, 0.15) is 0 Å². The summed E-state index contributed by atoms with van der Waals surface area (Å²) in [6, 6.07) is 5.51. The van der Waals surface area contributed by atoms with Crippen LogP contribution in [-0.4, -0.2) is 32.1 Å². The Morgan fingerprint density at radius 3 is 1.37 bits per heavy atom. The number of carbonyl (C=O) groups is 2. The van der Waals surface area contributed by atoms with Crippen LogP contribution in [0.4, 0.5) is 0 Å². The molecule has 6 heteroatoms. The Bertz CT molecular complexity index is 543. The maximum absolute atomic E-state index is 11.6. The van der Waals surface area contributed by atoms with E-state index in [0.29, 0.717) is 0 Å². The number of aliphatic carboxylic acids is 2. The molecule has 2 heterocycles. The fraction of sp³-hybridized carbons (Fsp3) is 0.0769. The predicted molar refractivity (Wildman–Crippen MR) is 64.5 cm³/mol. The lowest BCUT2D eigenvalue weighted by Gasteiger charge is -2.25. The highest BCUT2D eigenvalue weighted by Gasteiger charge is 2.50. The largest absolute Gasteiger partial charge is 0.480 e. The molecule has 0 amide bonds. The van der Waals surface area contributed by atoms with Crippen LogP contribution in [0.2, 0.25) is 0 Å². The highest BCUT2D eigenvalue weighted by atomic mass is 16.4. The number of rotatable bonds is 4. The van der Waals surface area contributed by atoms with Gasteiger partial charge in [0, 0.05) is 24.8 Å². The van der Waals surface area contributed by atoms with Crippen molar-refractivity contribution in [3.05, 3.63) is 60.2 Å². The predicted octanol–water partition coefficient (Wildman–Crippen LogP) is 0.932. The summed E-state index contributed by atoms with van der Waals surface area (Å²) in [5.41, 5.74) is -1.89. The Kier molecular flexibility index (Phi) is 3.24. The van der Waals surface area contributed by atoms with Crippen LogP contribution in [0, 0.1) is 0 Å². The highest BCUT2D eigenvalue weighted by Crippen LogP contribution is 2.32. The lowest BCUT2D eigenvalue weighted by Crippen LogP contribution is -2.44. The van der Waals surface area contributed by atoms with Crippen molar-refractivity contribution < 1.29 is 19.8 Å². The van der Waals surface area contributed by atoms with Crippen LogP contribution in [0.1, 0.15) is 11.1 Å². The van der Waals surface area contributed by atoms with Crippen molar-refractivity contribution >= 4 is 11.9 Å². The van der Waals surface area contributed by atoms with E-state index in [1.165, 1.54) is 49.1 Å². The molecule has 0 aromatic carbocycles. The summed E-state index contributed by atoms with van der Waals surface area (Å²) >= 11 is 0. The first-order valence-electron chi connectivity index (χ1n) is 5.38. The Morgan fingerprint density at radius 2 is 1.11 bits per heavy atom. The normalized spacial score (nSPS) is 10.9. The van der Waals surface area contributed by atoms with Crippen LogP contribution in [0.5, 0.6) is 0 Å². The SMILES string of the molecule is O=C(O)C(C(=O)O)(c1ccncc1)c1ccncc1. The average molecular weight is 258 g/mol. The topological polar surface area (TPSA) is 100 Å².